The van der Waals surface area contributed by atoms with Crippen LogP contribution in [0.15, 0.2) is 27.9 Å². The van der Waals surface area contributed by atoms with E-state index in [0.29, 0.717) is 0 Å². The number of rotatable bonds is 0. The van der Waals surface area contributed by atoms with Gasteiger partial charge in [-0.3, -0.25) is 4.99 Å². The van der Waals surface area contributed by atoms with Gasteiger partial charge in [0.2, 0.25) is 0 Å². The van der Waals surface area contributed by atoms with Crippen molar-refractivity contribution in [3.05, 3.63) is 22.9 Å². The van der Waals surface area contributed by atoms with Crippen LogP contribution >= 0.6 is 11.3 Å². The zero-order chi connectivity index (χ0) is 7.94. The Morgan fingerprint density at radius 1 is 1.45 bits per heavy atom. The van der Waals surface area contributed by atoms with Gasteiger partial charge in [-0.1, -0.05) is 12.1 Å². The van der Waals surface area contributed by atoms with Gasteiger partial charge in [0.15, 0.2) is 0 Å². The molecule has 1 aromatic heterocycles. The molecular weight excluding hydrogens is 156 g/mol. The van der Waals surface area contributed by atoms with E-state index in [1.54, 1.807) is 11.3 Å². The lowest BCUT2D eigenvalue weighted by Gasteiger charge is -1.85. The van der Waals surface area contributed by atoms with E-state index in [1.165, 1.54) is 0 Å². The summed E-state index contributed by atoms with van der Waals surface area (Å²) in [6.07, 6.45) is 0. The van der Waals surface area contributed by atoms with Gasteiger partial charge < -0.3 is 5.32 Å². The van der Waals surface area contributed by atoms with Crippen LogP contribution in [0.3, 0.4) is 0 Å². The van der Waals surface area contributed by atoms with Gasteiger partial charge in [-0.15, -0.1) is 0 Å². The fourth-order valence-corrected chi connectivity index (χ4v) is 1.20. The third kappa shape index (κ3) is 3.78. The first-order chi connectivity index (χ1) is 5.39. The molecule has 0 spiro atoms. The monoisotopic (exact) mass is 168 g/mol. The van der Waals surface area contributed by atoms with Gasteiger partial charge in [0, 0.05) is 6.54 Å². The number of thiophene rings is 1. The van der Waals surface area contributed by atoms with Crippen LogP contribution in [0, 0.1) is 0 Å². The number of nitrogens with one attached hydrogen (secondary N) is 1. The molecule has 1 aliphatic heterocycles. The minimum absolute atomic E-state index is 0.964. The van der Waals surface area contributed by atoms with Crippen molar-refractivity contribution >= 4 is 17.2 Å². The van der Waals surface area contributed by atoms with Gasteiger partial charge in [0.1, 0.15) is 0 Å². The van der Waals surface area contributed by atoms with Gasteiger partial charge in [-0.05, 0) is 17.7 Å². The number of hydrogen-bond donors (Lipinski definition) is 1. The predicted molar refractivity (Wildman–Crippen MR) is 50.3 cm³/mol. The van der Waals surface area contributed by atoms with Crippen molar-refractivity contribution in [3.63, 3.8) is 0 Å². The summed E-state index contributed by atoms with van der Waals surface area (Å²) in [6, 6.07) is 4.04. The van der Waals surface area contributed by atoms with Gasteiger partial charge in [0.25, 0.3) is 0 Å². The number of hydrogen-bond acceptors (Lipinski definition) is 3. The molecule has 0 unspecified atom stereocenters. The molecule has 0 atom stereocenters. The van der Waals surface area contributed by atoms with Gasteiger partial charge >= 0.3 is 0 Å². The van der Waals surface area contributed by atoms with Crippen molar-refractivity contribution in [1.82, 2.24) is 5.32 Å². The Hall–Kier alpha value is -0.830. The van der Waals surface area contributed by atoms with Crippen LogP contribution in [0.4, 0.5) is 0 Å². The molecule has 1 N–H and O–H groups in total. The molecule has 0 fully saturated rings. The van der Waals surface area contributed by atoms with E-state index in [9.17, 15) is 0 Å². The van der Waals surface area contributed by atoms with E-state index >= 15 is 0 Å². The third-order valence-electron chi connectivity index (χ3n) is 1.27. The summed E-state index contributed by atoms with van der Waals surface area (Å²) in [5.41, 5.74) is 0. The number of amidine groups is 1. The molecule has 11 heavy (non-hydrogen) atoms. The molecule has 1 aliphatic rings. The van der Waals surface area contributed by atoms with E-state index in [2.05, 4.69) is 10.3 Å². The van der Waals surface area contributed by atoms with Crippen LogP contribution in [0.2, 0.25) is 0 Å². The largest absolute Gasteiger partial charge is 0.372 e. The maximum atomic E-state index is 4.04. The Bertz CT molecular complexity index is 187. The molecule has 0 saturated heterocycles. The highest BCUT2D eigenvalue weighted by molar-refractivity contribution is 7.07. The lowest BCUT2D eigenvalue weighted by Crippen LogP contribution is -2.13. The molecule has 1 aromatic rings. The van der Waals surface area contributed by atoms with Crippen LogP contribution in [-0.2, 0) is 0 Å². The first-order valence-electron chi connectivity index (χ1n) is 3.61. The number of nitrogens with zero attached hydrogens (tertiary/aromatic N) is 1. The normalized spacial score (nSPS) is 14.5. The average Bonchev–Trinajstić information content (AvgIpc) is 2.57. The lowest BCUT2D eigenvalue weighted by atomic mass is 10.7. The van der Waals surface area contributed by atoms with Crippen LogP contribution in [-0.4, -0.2) is 18.9 Å². The predicted octanol–water partition coefficient (Wildman–Crippen LogP) is 1.76. The summed E-state index contributed by atoms with van der Waals surface area (Å²) < 4.78 is 0. The van der Waals surface area contributed by atoms with Gasteiger partial charge in [-0.2, -0.15) is 11.3 Å². The quantitative estimate of drug-likeness (QED) is 0.627. The highest BCUT2D eigenvalue weighted by Crippen LogP contribution is 1.91. The smallest absolute Gasteiger partial charge is 0.0933 e. The Morgan fingerprint density at radius 3 is 2.36 bits per heavy atom. The highest BCUT2D eigenvalue weighted by Gasteiger charge is 1.93. The maximum Gasteiger partial charge on any atom is 0.0933 e. The minimum atomic E-state index is 0.964. The summed E-state index contributed by atoms with van der Waals surface area (Å²) in [6.45, 7) is 3.98. The zero-order valence-corrected chi connectivity index (χ0v) is 7.40. The van der Waals surface area contributed by atoms with Crippen molar-refractivity contribution in [2.24, 2.45) is 4.99 Å². The molecule has 0 aliphatic carbocycles. The molecular formula is C8H12N2S. The van der Waals surface area contributed by atoms with Crippen molar-refractivity contribution < 1.29 is 0 Å². The zero-order valence-electron chi connectivity index (χ0n) is 6.58. The van der Waals surface area contributed by atoms with E-state index in [4.69, 9.17) is 0 Å². The standard InChI is InChI=1S/C4H8N2.C4H4S/c1-4-5-2-3-6-4;1-2-4-5-3-1/h2-3H2,1H3,(H,5,6);1-4H. The molecule has 3 heteroatoms. The molecule has 2 rings (SSSR count). The van der Waals surface area contributed by atoms with Crippen LogP contribution in [0.25, 0.3) is 0 Å². The first kappa shape index (κ1) is 8.27. The Labute approximate surface area is 71.0 Å². The van der Waals surface area contributed by atoms with Crippen molar-refractivity contribution in [1.29, 1.82) is 0 Å². The molecule has 60 valence electrons. The van der Waals surface area contributed by atoms with Crippen molar-refractivity contribution in [2.45, 2.75) is 6.92 Å². The average molecular weight is 168 g/mol. The second-order valence-corrected chi connectivity index (χ2v) is 3.00. The molecule has 2 heterocycles. The van der Waals surface area contributed by atoms with Crippen molar-refractivity contribution in [3.8, 4) is 0 Å². The van der Waals surface area contributed by atoms with Crippen LogP contribution in [0.1, 0.15) is 6.92 Å². The van der Waals surface area contributed by atoms with Gasteiger partial charge in [0.05, 0.1) is 12.4 Å². The third-order valence-corrected chi connectivity index (χ3v) is 1.90. The second kappa shape index (κ2) is 4.91. The Kier molecular flexibility index (Phi) is 3.69. The molecule has 0 aromatic carbocycles. The number of aliphatic imine (C=N–C) groups is 1. The Morgan fingerprint density at radius 2 is 2.18 bits per heavy atom. The maximum absolute atomic E-state index is 4.04. The lowest BCUT2D eigenvalue weighted by molar-refractivity contribution is 0.958. The van der Waals surface area contributed by atoms with E-state index in [0.717, 1.165) is 18.9 Å². The molecule has 2 nitrogen and oxygen atoms in total. The molecule has 0 radical (unpaired) electrons. The highest BCUT2D eigenvalue weighted by atomic mass is 32.1. The van der Waals surface area contributed by atoms with E-state index in [1.807, 2.05) is 29.8 Å². The Balaban J connectivity index is 0.000000112. The topological polar surface area (TPSA) is 24.4 Å². The fraction of sp³-hybridized carbons (Fsp3) is 0.375. The second-order valence-electron chi connectivity index (χ2n) is 2.19. The fourth-order valence-electron chi connectivity index (χ4n) is 0.743. The van der Waals surface area contributed by atoms with E-state index in [-0.39, 0.29) is 0 Å². The SMILES string of the molecule is CC1=NCCN1.c1ccsc1. The molecule has 0 saturated carbocycles. The summed E-state index contributed by atoms with van der Waals surface area (Å²) >= 11 is 1.71. The molecule has 0 amide bonds. The summed E-state index contributed by atoms with van der Waals surface area (Å²) in [7, 11) is 0. The molecule has 0 bridgehead atoms. The van der Waals surface area contributed by atoms with E-state index < -0.39 is 0 Å². The van der Waals surface area contributed by atoms with Crippen molar-refractivity contribution in [2.75, 3.05) is 13.1 Å². The first-order valence-corrected chi connectivity index (χ1v) is 4.56. The minimum Gasteiger partial charge on any atom is -0.372 e. The summed E-state index contributed by atoms with van der Waals surface area (Å²) in [5, 5.41) is 7.15. The van der Waals surface area contributed by atoms with Crippen LogP contribution < -0.4 is 5.32 Å². The summed E-state index contributed by atoms with van der Waals surface area (Å²) in [4.78, 5) is 4.04. The van der Waals surface area contributed by atoms with Crippen LogP contribution in [0.5, 0.6) is 0 Å². The summed E-state index contributed by atoms with van der Waals surface area (Å²) in [5.74, 6) is 1.08. The van der Waals surface area contributed by atoms with Gasteiger partial charge in [-0.25, -0.2) is 0 Å².